The topological polar surface area (TPSA) is 38.9 Å². The largest absolute Gasteiger partial charge is 0.383 e. The van der Waals surface area contributed by atoms with E-state index in [1.54, 1.807) is 0 Å². The number of rotatable bonds is 3. The molecule has 0 spiro atoms. The van der Waals surface area contributed by atoms with Crippen LogP contribution in [0.4, 0.5) is 5.82 Å². The molecule has 1 aromatic carbocycles. The lowest BCUT2D eigenvalue weighted by molar-refractivity contribution is 0.928. The highest BCUT2D eigenvalue weighted by atomic mass is 35.5. The Hall–Kier alpha value is -1.28. The number of aryl methyl sites for hydroxylation is 2. The van der Waals surface area contributed by atoms with Crippen molar-refractivity contribution in [3.63, 3.8) is 0 Å². The van der Waals surface area contributed by atoms with E-state index in [1.165, 1.54) is 5.56 Å². The van der Waals surface area contributed by atoms with Gasteiger partial charge < -0.3 is 5.73 Å². The summed E-state index contributed by atoms with van der Waals surface area (Å²) in [4.78, 5) is 4.40. The summed E-state index contributed by atoms with van der Waals surface area (Å²) < 4.78 is 0. The van der Waals surface area contributed by atoms with Crippen molar-refractivity contribution in [1.29, 1.82) is 0 Å². The number of alkyl halides is 1. The summed E-state index contributed by atoms with van der Waals surface area (Å²) >= 11 is 5.69. The van der Waals surface area contributed by atoms with Gasteiger partial charge in [-0.25, -0.2) is 4.98 Å². The number of anilines is 1. The number of hydrogen-bond donors (Lipinski definition) is 1. The van der Waals surface area contributed by atoms with Gasteiger partial charge in [0.1, 0.15) is 5.82 Å². The van der Waals surface area contributed by atoms with Crippen LogP contribution in [-0.2, 0) is 6.42 Å². The predicted molar refractivity (Wildman–Crippen MR) is 69.9 cm³/mol. The van der Waals surface area contributed by atoms with E-state index in [2.05, 4.69) is 24.0 Å². The molecule has 2 rings (SSSR count). The van der Waals surface area contributed by atoms with Crippen LogP contribution in [0.15, 0.2) is 24.3 Å². The van der Waals surface area contributed by atoms with Gasteiger partial charge in [0.2, 0.25) is 0 Å². The molecule has 1 aromatic heterocycles. The average Bonchev–Trinajstić information content (AvgIpc) is 2.27. The molecule has 84 valence electrons. The first-order chi connectivity index (χ1) is 7.70. The van der Waals surface area contributed by atoms with Crippen LogP contribution in [0.1, 0.15) is 17.5 Å². The molecule has 3 heteroatoms. The van der Waals surface area contributed by atoms with E-state index in [0.717, 1.165) is 29.3 Å². The number of nitrogens with two attached hydrogens (primary N) is 1. The normalized spacial score (nSPS) is 10.9. The van der Waals surface area contributed by atoms with Crippen LogP contribution in [0.3, 0.4) is 0 Å². The van der Waals surface area contributed by atoms with Crippen molar-refractivity contribution in [2.24, 2.45) is 0 Å². The van der Waals surface area contributed by atoms with Crippen molar-refractivity contribution in [2.45, 2.75) is 19.8 Å². The maximum Gasteiger partial charge on any atom is 0.127 e. The van der Waals surface area contributed by atoms with Crippen molar-refractivity contribution in [1.82, 2.24) is 4.98 Å². The third kappa shape index (κ3) is 2.27. The highest BCUT2D eigenvalue weighted by Crippen LogP contribution is 2.20. The monoisotopic (exact) mass is 234 g/mol. The molecule has 1 heterocycles. The molecule has 2 nitrogen and oxygen atoms in total. The van der Waals surface area contributed by atoms with Gasteiger partial charge in [0, 0.05) is 11.3 Å². The molecule has 0 amide bonds. The Morgan fingerprint density at radius 3 is 2.88 bits per heavy atom. The molecular formula is C13H15ClN2. The fourth-order valence-electron chi connectivity index (χ4n) is 1.81. The number of hydrogen-bond acceptors (Lipinski definition) is 2. The number of fused-ring (bicyclic) bond motifs is 1. The highest BCUT2D eigenvalue weighted by molar-refractivity contribution is 6.17. The van der Waals surface area contributed by atoms with Crippen LogP contribution < -0.4 is 5.73 Å². The van der Waals surface area contributed by atoms with Crippen LogP contribution in [0, 0.1) is 6.92 Å². The molecular weight excluding hydrogens is 220 g/mol. The van der Waals surface area contributed by atoms with Gasteiger partial charge in [-0.05, 0) is 43.5 Å². The molecule has 0 bridgehead atoms. The summed E-state index contributed by atoms with van der Waals surface area (Å²) in [5.41, 5.74) is 9.20. The van der Waals surface area contributed by atoms with Crippen molar-refractivity contribution < 1.29 is 0 Å². The van der Waals surface area contributed by atoms with Gasteiger partial charge >= 0.3 is 0 Å². The molecule has 0 fully saturated rings. The summed E-state index contributed by atoms with van der Waals surface area (Å²) in [5, 5.41) is 1.15. The molecule has 0 aliphatic heterocycles. The second kappa shape index (κ2) is 4.71. The first kappa shape index (κ1) is 11.2. The lowest BCUT2D eigenvalue weighted by Crippen LogP contribution is -1.99. The number of pyridine rings is 1. The SMILES string of the molecule is Cc1ccc2nc(N)c(CCCCl)cc2c1. The van der Waals surface area contributed by atoms with Gasteiger partial charge in [-0.1, -0.05) is 11.6 Å². The van der Waals surface area contributed by atoms with Gasteiger partial charge in [-0.3, -0.25) is 0 Å². The smallest absolute Gasteiger partial charge is 0.127 e. The standard InChI is InChI=1S/C13H15ClN2/c1-9-4-5-12-11(7-9)8-10(3-2-6-14)13(15)16-12/h4-5,7-8H,2-3,6H2,1H3,(H2,15,16). The Labute approximate surface area is 100 Å². The lowest BCUT2D eigenvalue weighted by Gasteiger charge is -2.06. The fraction of sp³-hybridized carbons (Fsp3) is 0.308. The van der Waals surface area contributed by atoms with Crippen LogP contribution >= 0.6 is 11.6 Å². The molecule has 0 saturated heterocycles. The van der Waals surface area contributed by atoms with E-state index in [0.29, 0.717) is 11.7 Å². The van der Waals surface area contributed by atoms with Crippen molar-refractivity contribution in [2.75, 3.05) is 11.6 Å². The summed E-state index contributed by atoms with van der Waals surface area (Å²) in [6, 6.07) is 8.31. The van der Waals surface area contributed by atoms with Gasteiger partial charge in [-0.2, -0.15) is 0 Å². The third-order valence-electron chi connectivity index (χ3n) is 2.66. The second-order valence-corrected chi connectivity index (χ2v) is 4.40. The Bertz CT molecular complexity index is 509. The Morgan fingerprint density at radius 1 is 1.31 bits per heavy atom. The first-order valence-electron chi connectivity index (χ1n) is 5.42. The van der Waals surface area contributed by atoms with E-state index in [4.69, 9.17) is 17.3 Å². The molecule has 2 N–H and O–H groups in total. The van der Waals surface area contributed by atoms with E-state index in [9.17, 15) is 0 Å². The molecule has 0 aliphatic rings. The zero-order valence-electron chi connectivity index (χ0n) is 9.33. The van der Waals surface area contributed by atoms with Gasteiger partial charge in [0.25, 0.3) is 0 Å². The highest BCUT2D eigenvalue weighted by Gasteiger charge is 2.03. The molecule has 0 radical (unpaired) electrons. The zero-order chi connectivity index (χ0) is 11.5. The summed E-state index contributed by atoms with van der Waals surface area (Å²) in [7, 11) is 0. The van der Waals surface area contributed by atoms with Crippen LogP contribution in [0.25, 0.3) is 10.9 Å². The summed E-state index contributed by atoms with van der Waals surface area (Å²) in [6.07, 6.45) is 1.83. The minimum absolute atomic E-state index is 0.626. The fourth-order valence-corrected chi connectivity index (χ4v) is 1.95. The first-order valence-corrected chi connectivity index (χ1v) is 5.96. The summed E-state index contributed by atoms with van der Waals surface area (Å²) in [6.45, 7) is 2.08. The van der Waals surface area contributed by atoms with Gasteiger partial charge in [0.05, 0.1) is 5.52 Å². The molecule has 0 saturated carbocycles. The van der Waals surface area contributed by atoms with Gasteiger partial charge in [-0.15, -0.1) is 11.6 Å². The number of aromatic nitrogens is 1. The van der Waals surface area contributed by atoms with E-state index in [1.807, 2.05) is 12.1 Å². The second-order valence-electron chi connectivity index (χ2n) is 4.02. The van der Waals surface area contributed by atoms with Crippen LogP contribution in [0.5, 0.6) is 0 Å². The molecule has 2 aromatic rings. The molecule has 0 aliphatic carbocycles. The number of nitrogens with zero attached hydrogens (tertiary/aromatic N) is 1. The number of halogens is 1. The number of benzene rings is 1. The van der Waals surface area contributed by atoms with Crippen LogP contribution in [-0.4, -0.2) is 10.9 Å². The Balaban J connectivity index is 2.46. The van der Waals surface area contributed by atoms with Crippen LogP contribution in [0.2, 0.25) is 0 Å². The Kier molecular flexibility index (Phi) is 3.30. The lowest BCUT2D eigenvalue weighted by atomic mass is 10.1. The maximum absolute atomic E-state index is 5.91. The third-order valence-corrected chi connectivity index (χ3v) is 2.93. The predicted octanol–water partition coefficient (Wildman–Crippen LogP) is 3.30. The average molecular weight is 235 g/mol. The van der Waals surface area contributed by atoms with E-state index in [-0.39, 0.29) is 0 Å². The zero-order valence-corrected chi connectivity index (χ0v) is 10.1. The van der Waals surface area contributed by atoms with Crippen molar-refractivity contribution in [3.05, 3.63) is 35.4 Å². The summed E-state index contributed by atoms with van der Waals surface area (Å²) in [5.74, 6) is 1.28. The molecule has 16 heavy (non-hydrogen) atoms. The van der Waals surface area contributed by atoms with E-state index >= 15 is 0 Å². The van der Waals surface area contributed by atoms with E-state index < -0.39 is 0 Å². The molecule has 0 unspecified atom stereocenters. The molecule has 0 atom stereocenters. The quantitative estimate of drug-likeness (QED) is 0.828. The van der Waals surface area contributed by atoms with Crippen molar-refractivity contribution in [3.8, 4) is 0 Å². The Morgan fingerprint density at radius 2 is 2.12 bits per heavy atom. The number of nitrogen functional groups attached to an aromatic ring is 1. The minimum Gasteiger partial charge on any atom is -0.383 e. The minimum atomic E-state index is 0.626. The maximum atomic E-state index is 5.91. The van der Waals surface area contributed by atoms with Gasteiger partial charge in [0.15, 0.2) is 0 Å². The van der Waals surface area contributed by atoms with Crippen molar-refractivity contribution >= 4 is 28.3 Å².